The number of hydrogen-bond donors (Lipinski definition) is 3. The van der Waals surface area contributed by atoms with E-state index in [1.807, 2.05) is 42.5 Å². The van der Waals surface area contributed by atoms with Gasteiger partial charge < -0.3 is 16.2 Å². The van der Waals surface area contributed by atoms with Gasteiger partial charge >= 0.3 is 0 Å². The highest BCUT2D eigenvalue weighted by molar-refractivity contribution is 5.95. The molecule has 0 spiro atoms. The molecule has 1 unspecified atom stereocenters. The summed E-state index contributed by atoms with van der Waals surface area (Å²) in [4.78, 5) is 11.7. The van der Waals surface area contributed by atoms with Crippen LogP contribution in [0.4, 0.5) is 5.69 Å². The topological polar surface area (TPSA) is 75.3 Å². The van der Waals surface area contributed by atoms with Crippen LogP contribution in [0.3, 0.4) is 0 Å². The number of carbonyl (C=O) groups excluding carboxylic acids is 1. The molecule has 2 aromatic rings. The van der Waals surface area contributed by atoms with Crippen LogP contribution in [0.2, 0.25) is 0 Å². The summed E-state index contributed by atoms with van der Waals surface area (Å²) in [5.41, 5.74) is 7.98. The first-order valence-corrected chi connectivity index (χ1v) is 6.98. The fraction of sp³-hybridized carbons (Fsp3) is 0.167. The fourth-order valence-electron chi connectivity index (χ4n) is 1.75. The molecule has 0 aliphatic carbocycles. The molecule has 1 amide bonds. The van der Waals surface area contributed by atoms with E-state index in [0.717, 1.165) is 11.1 Å². The van der Waals surface area contributed by atoms with Crippen molar-refractivity contribution in [1.29, 1.82) is 0 Å². The van der Waals surface area contributed by atoms with Crippen molar-refractivity contribution in [3.63, 3.8) is 0 Å². The van der Waals surface area contributed by atoms with Crippen molar-refractivity contribution in [3.8, 4) is 11.8 Å². The maximum Gasteiger partial charge on any atom is 0.243 e. The predicted octanol–water partition coefficient (Wildman–Crippen LogP) is 1.73. The van der Waals surface area contributed by atoms with E-state index in [4.69, 9.17) is 5.73 Å². The minimum Gasteiger partial charge on any atom is -0.391 e. The lowest BCUT2D eigenvalue weighted by Crippen LogP contribution is -2.43. The quantitative estimate of drug-likeness (QED) is 0.755. The molecule has 0 saturated carbocycles. The Morgan fingerprint density at radius 2 is 1.59 bits per heavy atom. The Hall–Kier alpha value is -2.61. The SMILES string of the molecule is C[C@@H](O)C(N)C(=O)Nc1ccc(C#Cc2ccccc2)cc1. The molecule has 0 heterocycles. The van der Waals surface area contributed by atoms with Gasteiger partial charge in [0.05, 0.1) is 6.10 Å². The van der Waals surface area contributed by atoms with Gasteiger partial charge in [0.2, 0.25) is 5.91 Å². The molecule has 0 aliphatic rings. The molecule has 2 atom stereocenters. The molecule has 2 aromatic carbocycles. The molecule has 0 aliphatic heterocycles. The van der Waals surface area contributed by atoms with E-state index in [9.17, 15) is 9.90 Å². The van der Waals surface area contributed by atoms with Crippen molar-refractivity contribution < 1.29 is 9.90 Å². The van der Waals surface area contributed by atoms with Gasteiger partial charge in [-0.05, 0) is 43.3 Å². The lowest BCUT2D eigenvalue weighted by molar-refractivity contribution is -0.119. The largest absolute Gasteiger partial charge is 0.391 e. The van der Waals surface area contributed by atoms with Gasteiger partial charge in [0.15, 0.2) is 0 Å². The third-order valence-corrected chi connectivity index (χ3v) is 3.10. The average Bonchev–Trinajstić information content (AvgIpc) is 2.54. The molecule has 4 N–H and O–H groups in total. The minimum absolute atomic E-state index is 0.418. The summed E-state index contributed by atoms with van der Waals surface area (Å²) in [6.45, 7) is 1.48. The molecule has 0 saturated heterocycles. The van der Waals surface area contributed by atoms with E-state index in [-0.39, 0.29) is 0 Å². The van der Waals surface area contributed by atoms with Crippen molar-refractivity contribution in [3.05, 3.63) is 65.7 Å². The van der Waals surface area contributed by atoms with Crippen LogP contribution < -0.4 is 11.1 Å². The average molecular weight is 294 g/mol. The summed E-state index contributed by atoms with van der Waals surface area (Å²) in [6.07, 6.45) is -0.893. The monoisotopic (exact) mass is 294 g/mol. The zero-order valence-corrected chi connectivity index (χ0v) is 12.3. The Balaban J connectivity index is 2.02. The fourth-order valence-corrected chi connectivity index (χ4v) is 1.75. The molecular formula is C18H18N2O2. The Bertz CT molecular complexity index is 683. The van der Waals surface area contributed by atoms with Gasteiger partial charge in [-0.15, -0.1) is 0 Å². The van der Waals surface area contributed by atoms with Crippen molar-refractivity contribution in [2.24, 2.45) is 5.73 Å². The Morgan fingerprint density at radius 3 is 2.14 bits per heavy atom. The maximum absolute atomic E-state index is 11.7. The molecule has 112 valence electrons. The number of hydrogen-bond acceptors (Lipinski definition) is 3. The molecule has 22 heavy (non-hydrogen) atoms. The highest BCUT2D eigenvalue weighted by Gasteiger charge is 2.18. The van der Waals surface area contributed by atoms with Crippen molar-refractivity contribution in [2.45, 2.75) is 19.1 Å². The molecule has 2 rings (SSSR count). The van der Waals surface area contributed by atoms with Crippen molar-refractivity contribution >= 4 is 11.6 Å². The molecule has 0 bridgehead atoms. The van der Waals surface area contributed by atoms with E-state index in [1.165, 1.54) is 6.92 Å². The van der Waals surface area contributed by atoms with Crippen LogP contribution in [0.5, 0.6) is 0 Å². The van der Waals surface area contributed by atoms with E-state index < -0.39 is 18.1 Å². The molecule has 4 heteroatoms. The highest BCUT2D eigenvalue weighted by atomic mass is 16.3. The summed E-state index contributed by atoms with van der Waals surface area (Å²) >= 11 is 0. The lowest BCUT2D eigenvalue weighted by Gasteiger charge is -2.14. The van der Waals surface area contributed by atoms with Gasteiger partial charge in [-0.1, -0.05) is 30.0 Å². The number of rotatable bonds is 3. The Morgan fingerprint density at radius 1 is 1.05 bits per heavy atom. The number of amides is 1. The summed E-state index contributed by atoms with van der Waals surface area (Å²) in [5, 5.41) is 11.9. The minimum atomic E-state index is -0.947. The summed E-state index contributed by atoms with van der Waals surface area (Å²) in [7, 11) is 0. The van der Waals surface area contributed by atoms with Gasteiger partial charge in [-0.25, -0.2) is 0 Å². The van der Waals surface area contributed by atoms with Crippen LogP contribution in [-0.2, 0) is 4.79 Å². The number of nitrogens with two attached hydrogens (primary N) is 1. The van der Waals surface area contributed by atoms with Crippen LogP contribution in [0.25, 0.3) is 0 Å². The molecule has 0 fully saturated rings. The van der Waals surface area contributed by atoms with Crippen LogP contribution in [0.1, 0.15) is 18.1 Å². The highest BCUT2D eigenvalue weighted by Crippen LogP contribution is 2.10. The second-order valence-electron chi connectivity index (χ2n) is 4.95. The number of nitrogens with one attached hydrogen (secondary N) is 1. The van der Waals surface area contributed by atoms with Crippen LogP contribution in [0.15, 0.2) is 54.6 Å². The number of anilines is 1. The smallest absolute Gasteiger partial charge is 0.243 e. The first kappa shape index (κ1) is 15.8. The first-order chi connectivity index (χ1) is 10.6. The van der Waals surface area contributed by atoms with Crippen molar-refractivity contribution in [2.75, 3.05) is 5.32 Å². The van der Waals surface area contributed by atoms with E-state index in [0.29, 0.717) is 5.69 Å². The second-order valence-corrected chi connectivity index (χ2v) is 4.95. The van der Waals surface area contributed by atoms with Gasteiger partial charge in [0, 0.05) is 16.8 Å². The summed E-state index contributed by atoms with van der Waals surface area (Å²) < 4.78 is 0. The second kappa shape index (κ2) is 7.41. The summed E-state index contributed by atoms with van der Waals surface area (Å²) in [6, 6.07) is 15.9. The third-order valence-electron chi connectivity index (χ3n) is 3.10. The van der Waals surface area contributed by atoms with Crippen LogP contribution >= 0.6 is 0 Å². The number of aliphatic hydroxyl groups is 1. The van der Waals surface area contributed by atoms with Gasteiger partial charge in [-0.2, -0.15) is 0 Å². The number of benzene rings is 2. The number of carbonyl (C=O) groups is 1. The number of aliphatic hydroxyl groups excluding tert-OH is 1. The molecule has 0 radical (unpaired) electrons. The van der Waals surface area contributed by atoms with Crippen molar-refractivity contribution in [1.82, 2.24) is 0 Å². The maximum atomic E-state index is 11.7. The van der Waals surface area contributed by atoms with Crippen LogP contribution in [-0.4, -0.2) is 23.2 Å². The standard InChI is InChI=1S/C18H18N2O2/c1-13(21)17(19)18(22)20-16-11-9-15(10-12-16)8-7-14-5-3-2-4-6-14/h2-6,9-13,17,21H,19H2,1H3,(H,20,22)/t13-,17?/m1/s1. The Labute approximate surface area is 130 Å². The van der Waals surface area contributed by atoms with Crippen LogP contribution in [0, 0.1) is 11.8 Å². The van der Waals surface area contributed by atoms with Gasteiger partial charge in [-0.3, -0.25) is 4.79 Å². The zero-order valence-electron chi connectivity index (χ0n) is 12.3. The van der Waals surface area contributed by atoms with Gasteiger partial charge in [0.25, 0.3) is 0 Å². The van der Waals surface area contributed by atoms with E-state index in [2.05, 4.69) is 17.2 Å². The van der Waals surface area contributed by atoms with E-state index in [1.54, 1.807) is 12.1 Å². The molecule has 0 aromatic heterocycles. The third kappa shape index (κ3) is 4.45. The normalized spacial score (nSPS) is 12.7. The summed E-state index contributed by atoms with van der Waals surface area (Å²) in [5.74, 6) is 5.70. The Kier molecular flexibility index (Phi) is 5.31. The van der Waals surface area contributed by atoms with E-state index >= 15 is 0 Å². The van der Waals surface area contributed by atoms with Gasteiger partial charge in [0.1, 0.15) is 6.04 Å². The predicted molar refractivity (Wildman–Crippen MR) is 87.1 cm³/mol. The first-order valence-electron chi connectivity index (χ1n) is 6.98. The molecule has 4 nitrogen and oxygen atoms in total. The lowest BCUT2D eigenvalue weighted by atomic mass is 10.1. The molecular weight excluding hydrogens is 276 g/mol. The zero-order chi connectivity index (χ0) is 15.9.